The van der Waals surface area contributed by atoms with Gasteiger partial charge in [0.15, 0.2) is 22.9 Å². The molecule has 1 atom stereocenters. The largest absolute Gasteiger partial charge is 0.493 e. The Morgan fingerprint density at radius 3 is 2.40 bits per heavy atom. The number of ether oxygens (including phenoxy) is 2. The number of nitrogens with zero attached hydrogens (tertiary/aromatic N) is 1. The van der Waals surface area contributed by atoms with Gasteiger partial charge in [-0.05, 0) is 40.6 Å². The number of fused-ring (bicyclic) bond motifs is 2. The lowest BCUT2D eigenvalue weighted by Crippen LogP contribution is -2.41. The molecule has 5 rings (SSSR count). The molecule has 6 nitrogen and oxygen atoms in total. The molecule has 1 aliphatic rings. The van der Waals surface area contributed by atoms with Gasteiger partial charge in [-0.15, -0.1) is 0 Å². The first kappa shape index (κ1) is 22.6. The summed E-state index contributed by atoms with van der Waals surface area (Å²) in [5, 5.41) is 13.8. The molecule has 0 saturated carbocycles. The maximum atomic E-state index is 13.7. The van der Waals surface area contributed by atoms with E-state index >= 15 is 0 Å². The maximum Gasteiger partial charge on any atom is 0.264 e. The Kier molecular flexibility index (Phi) is 5.75. The molecule has 1 aliphatic heterocycles. The van der Waals surface area contributed by atoms with Gasteiger partial charge in [-0.25, -0.2) is 0 Å². The molecule has 0 radical (unpaired) electrons. The number of hydrogen-bond acceptors (Lipinski definition) is 5. The molecule has 0 bridgehead atoms. The van der Waals surface area contributed by atoms with Crippen LogP contribution in [-0.4, -0.2) is 31.0 Å². The zero-order chi connectivity index (χ0) is 24.6. The van der Waals surface area contributed by atoms with E-state index in [1.54, 1.807) is 41.3 Å². The summed E-state index contributed by atoms with van der Waals surface area (Å²) in [4.78, 5) is 28.5. The summed E-state index contributed by atoms with van der Waals surface area (Å²) < 4.78 is 10.5. The van der Waals surface area contributed by atoms with Crippen LogP contribution in [0.3, 0.4) is 0 Å². The molecule has 176 valence electrons. The number of rotatable bonds is 7. The zero-order valence-electron chi connectivity index (χ0n) is 19.5. The van der Waals surface area contributed by atoms with Crippen LogP contribution in [0.2, 0.25) is 0 Å². The van der Waals surface area contributed by atoms with E-state index in [1.165, 1.54) is 14.2 Å². The topological polar surface area (TPSA) is 76.1 Å². The molecular formula is C29H25NO5. The number of carbonyl (C=O) groups is 2. The number of para-hydroxylation sites is 1. The third kappa shape index (κ3) is 3.82. The first-order valence-corrected chi connectivity index (χ1v) is 11.3. The zero-order valence-corrected chi connectivity index (χ0v) is 19.5. The van der Waals surface area contributed by atoms with Gasteiger partial charge in [0.05, 0.1) is 32.9 Å². The lowest BCUT2D eigenvalue weighted by atomic mass is 9.88. The second-order valence-electron chi connectivity index (χ2n) is 8.58. The van der Waals surface area contributed by atoms with Gasteiger partial charge < -0.3 is 19.5 Å². The second-order valence-corrected chi connectivity index (χ2v) is 8.58. The van der Waals surface area contributed by atoms with Crippen LogP contribution < -0.4 is 14.4 Å². The summed E-state index contributed by atoms with van der Waals surface area (Å²) >= 11 is 0. The number of hydrogen-bond donors (Lipinski definition) is 1. The highest BCUT2D eigenvalue weighted by Crippen LogP contribution is 2.44. The number of Topliss-reactive ketones (excluding diaryl/α,β-unsaturated/α-hetero) is 1. The van der Waals surface area contributed by atoms with Crippen molar-refractivity contribution < 1.29 is 24.2 Å². The Hall–Kier alpha value is -4.16. The predicted molar refractivity (Wildman–Crippen MR) is 134 cm³/mol. The van der Waals surface area contributed by atoms with E-state index in [1.807, 2.05) is 48.5 Å². The van der Waals surface area contributed by atoms with E-state index in [0.29, 0.717) is 28.3 Å². The fraction of sp³-hybridized carbons (Fsp3) is 0.172. The van der Waals surface area contributed by atoms with E-state index in [9.17, 15) is 14.7 Å². The molecule has 1 heterocycles. The van der Waals surface area contributed by atoms with Crippen molar-refractivity contribution in [3.63, 3.8) is 0 Å². The lowest BCUT2D eigenvalue weighted by Gasteiger charge is -2.23. The molecule has 0 spiro atoms. The van der Waals surface area contributed by atoms with Crippen LogP contribution in [0.15, 0.2) is 84.9 Å². The van der Waals surface area contributed by atoms with Gasteiger partial charge in [-0.3, -0.25) is 9.59 Å². The Labute approximate surface area is 203 Å². The fourth-order valence-electron chi connectivity index (χ4n) is 4.78. The summed E-state index contributed by atoms with van der Waals surface area (Å²) in [7, 11) is 3.00. The first-order valence-electron chi connectivity index (χ1n) is 11.3. The van der Waals surface area contributed by atoms with Crippen molar-refractivity contribution in [2.45, 2.75) is 18.6 Å². The average Bonchev–Trinajstić information content (AvgIpc) is 3.10. The van der Waals surface area contributed by atoms with Gasteiger partial charge in [-0.2, -0.15) is 0 Å². The van der Waals surface area contributed by atoms with Crippen LogP contribution in [0.4, 0.5) is 5.69 Å². The van der Waals surface area contributed by atoms with Crippen molar-refractivity contribution >= 4 is 28.2 Å². The summed E-state index contributed by atoms with van der Waals surface area (Å²) in [6, 6.07) is 25.8. The Bertz CT molecular complexity index is 1440. The molecule has 1 N–H and O–H groups in total. The van der Waals surface area contributed by atoms with E-state index in [4.69, 9.17) is 9.47 Å². The highest BCUT2D eigenvalue weighted by molar-refractivity contribution is 6.11. The van der Waals surface area contributed by atoms with Gasteiger partial charge in [-0.1, -0.05) is 60.7 Å². The summed E-state index contributed by atoms with van der Waals surface area (Å²) in [5.74, 6) is 0.0106. The number of carbonyl (C=O) groups excluding carboxylic acids is 2. The van der Waals surface area contributed by atoms with Crippen molar-refractivity contribution in [3.8, 4) is 11.5 Å². The van der Waals surface area contributed by atoms with E-state index in [-0.39, 0.29) is 18.7 Å². The van der Waals surface area contributed by atoms with Crippen LogP contribution in [0.5, 0.6) is 11.5 Å². The molecule has 4 aromatic carbocycles. The maximum absolute atomic E-state index is 13.7. The van der Waals surface area contributed by atoms with Crippen LogP contribution in [0.1, 0.15) is 27.9 Å². The highest BCUT2D eigenvalue weighted by atomic mass is 16.5. The Balaban J connectivity index is 1.49. The second kappa shape index (κ2) is 8.89. The smallest absolute Gasteiger partial charge is 0.264 e. The standard InChI is InChI=1S/C29H25NO5/c1-34-26-15-14-20(16-27(26)35-2)25(31)17-29(33)23-12-5-6-13-24(23)30(28(29)32)18-21-10-7-9-19-8-3-4-11-22(19)21/h3-16,33H,17-18H2,1-2H3. The number of anilines is 1. The van der Waals surface area contributed by atoms with Crippen molar-refractivity contribution in [1.29, 1.82) is 0 Å². The molecule has 35 heavy (non-hydrogen) atoms. The van der Waals surface area contributed by atoms with Crippen LogP contribution in [-0.2, 0) is 16.9 Å². The molecule has 6 heteroatoms. The summed E-state index contributed by atoms with van der Waals surface area (Å²) in [6.07, 6.45) is -0.385. The van der Waals surface area contributed by atoms with Crippen LogP contribution >= 0.6 is 0 Å². The van der Waals surface area contributed by atoms with Gasteiger partial charge in [0.2, 0.25) is 0 Å². The normalized spacial score (nSPS) is 16.9. The third-order valence-electron chi connectivity index (χ3n) is 6.57. The summed E-state index contributed by atoms with van der Waals surface area (Å²) in [6.45, 7) is 0.282. The van der Waals surface area contributed by atoms with Gasteiger partial charge in [0.25, 0.3) is 5.91 Å². The summed E-state index contributed by atoms with van der Waals surface area (Å²) in [5.41, 5.74) is 0.355. The molecular weight excluding hydrogens is 442 g/mol. The van der Waals surface area contributed by atoms with Gasteiger partial charge in [0, 0.05) is 11.1 Å². The van der Waals surface area contributed by atoms with E-state index in [0.717, 1.165) is 16.3 Å². The number of ketones is 1. The third-order valence-corrected chi connectivity index (χ3v) is 6.57. The van der Waals surface area contributed by atoms with E-state index in [2.05, 4.69) is 0 Å². The molecule has 1 unspecified atom stereocenters. The molecule has 4 aromatic rings. The molecule has 0 saturated heterocycles. The molecule has 0 aromatic heterocycles. The molecule has 0 fully saturated rings. The lowest BCUT2D eigenvalue weighted by molar-refractivity contribution is -0.136. The van der Waals surface area contributed by atoms with Crippen molar-refractivity contribution in [2.75, 3.05) is 19.1 Å². The van der Waals surface area contributed by atoms with Crippen molar-refractivity contribution in [2.24, 2.45) is 0 Å². The number of amides is 1. The van der Waals surface area contributed by atoms with Crippen molar-refractivity contribution in [3.05, 3.63) is 102 Å². The van der Waals surface area contributed by atoms with Crippen LogP contribution in [0.25, 0.3) is 10.8 Å². The number of benzene rings is 4. The average molecular weight is 468 g/mol. The highest BCUT2D eigenvalue weighted by Gasteiger charge is 2.50. The minimum atomic E-state index is -1.97. The molecule has 1 amide bonds. The Morgan fingerprint density at radius 2 is 1.60 bits per heavy atom. The minimum Gasteiger partial charge on any atom is -0.493 e. The SMILES string of the molecule is COc1ccc(C(=O)CC2(O)C(=O)N(Cc3cccc4ccccc34)c3ccccc32)cc1OC. The molecule has 0 aliphatic carbocycles. The predicted octanol–water partition coefficient (Wildman–Crippen LogP) is 4.86. The minimum absolute atomic E-state index is 0.282. The van der Waals surface area contributed by atoms with E-state index < -0.39 is 11.5 Å². The van der Waals surface area contributed by atoms with Gasteiger partial charge in [0.1, 0.15) is 0 Å². The first-order chi connectivity index (χ1) is 17.0. The quantitative estimate of drug-likeness (QED) is 0.393. The number of aliphatic hydroxyl groups is 1. The van der Waals surface area contributed by atoms with Gasteiger partial charge >= 0.3 is 0 Å². The fourth-order valence-corrected chi connectivity index (χ4v) is 4.78. The Morgan fingerprint density at radius 1 is 0.886 bits per heavy atom. The van der Waals surface area contributed by atoms with Crippen LogP contribution in [0, 0.1) is 0 Å². The number of methoxy groups -OCH3 is 2. The monoisotopic (exact) mass is 467 g/mol. The van der Waals surface area contributed by atoms with Crippen molar-refractivity contribution in [1.82, 2.24) is 0 Å².